The Kier molecular flexibility index (Phi) is 5.61. The molecule has 0 bridgehead atoms. The number of hydrogen-bond donors (Lipinski definition) is 2. The van der Waals surface area contributed by atoms with Gasteiger partial charge < -0.3 is 15.1 Å². The molecule has 0 aliphatic carbocycles. The maximum Gasteiger partial charge on any atom is 0.138 e. The van der Waals surface area contributed by atoms with E-state index in [2.05, 4.69) is 9.97 Å². The van der Waals surface area contributed by atoms with Crippen molar-refractivity contribution in [3.8, 4) is 0 Å². The third kappa shape index (κ3) is 3.52. The van der Waals surface area contributed by atoms with Crippen LogP contribution in [-0.4, -0.2) is 46.5 Å². The number of nitrogens with zero attached hydrogens (tertiary/aromatic N) is 3. The van der Waals surface area contributed by atoms with Gasteiger partial charge in [0.05, 0.1) is 13.2 Å². The minimum Gasteiger partial charge on any atom is -0.395 e. The predicted octanol–water partition coefficient (Wildman–Crippen LogP) is 1.04. The quantitative estimate of drug-likeness (QED) is 0.748. The molecule has 0 atom stereocenters. The Bertz CT molecular complexity index is 355. The number of rotatable bonds is 6. The van der Waals surface area contributed by atoms with Crippen LogP contribution in [0.3, 0.4) is 0 Å². The molecule has 0 aliphatic rings. The molecule has 17 heavy (non-hydrogen) atoms. The fourth-order valence-corrected chi connectivity index (χ4v) is 2.03. The number of anilines is 1. The molecule has 1 rings (SSSR count). The van der Waals surface area contributed by atoms with Gasteiger partial charge in [0, 0.05) is 18.7 Å². The fourth-order valence-electron chi connectivity index (χ4n) is 1.68. The Labute approximate surface area is 106 Å². The van der Waals surface area contributed by atoms with Crippen molar-refractivity contribution >= 4 is 17.4 Å². The van der Waals surface area contributed by atoms with Gasteiger partial charge in [0.15, 0.2) is 0 Å². The molecule has 0 unspecified atom stereocenters. The molecule has 5 nitrogen and oxygen atoms in total. The second-order valence-electron chi connectivity index (χ2n) is 3.99. The highest BCUT2D eigenvalue weighted by Crippen LogP contribution is 2.30. The van der Waals surface area contributed by atoms with Crippen molar-refractivity contribution in [2.24, 2.45) is 0 Å². The van der Waals surface area contributed by atoms with Gasteiger partial charge in [0.1, 0.15) is 17.3 Å². The van der Waals surface area contributed by atoms with E-state index in [1.54, 1.807) is 0 Å². The molecule has 0 spiro atoms. The van der Waals surface area contributed by atoms with Gasteiger partial charge in [-0.15, -0.1) is 0 Å². The number of hydrogen-bond acceptors (Lipinski definition) is 5. The Balaban J connectivity index is 3.12. The first-order valence-electron chi connectivity index (χ1n) is 5.58. The number of aliphatic hydroxyl groups excluding tert-OH is 2. The van der Waals surface area contributed by atoms with E-state index in [9.17, 15) is 0 Å². The fraction of sp³-hybridized carbons (Fsp3) is 0.636. The zero-order valence-corrected chi connectivity index (χ0v) is 10.9. The lowest BCUT2D eigenvalue weighted by Gasteiger charge is -2.25. The minimum absolute atomic E-state index is 0.000836. The normalized spacial score (nSPS) is 10.9. The van der Waals surface area contributed by atoms with Crippen LogP contribution < -0.4 is 4.90 Å². The molecule has 0 radical (unpaired) electrons. The van der Waals surface area contributed by atoms with Crippen molar-refractivity contribution in [3.63, 3.8) is 0 Å². The number of aromatic nitrogens is 2. The summed E-state index contributed by atoms with van der Waals surface area (Å²) < 4.78 is 0. The summed E-state index contributed by atoms with van der Waals surface area (Å²) >= 11 is 6.07. The van der Waals surface area contributed by atoms with Crippen LogP contribution in [0.2, 0.25) is 5.15 Å². The predicted molar refractivity (Wildman–Crippen MR) is 67.5 cm³/mol. The van der Waals surface area contributed by atoms with E-state index in [0.717, 1.165) is 5.56 Å². The van der Waals surface area contributed by atoms with Crippen LogP contribution in [0.5, 0.6) is 0 Å². The third-order valence-electron chi connectivity index (χ3n) is 2.43. The van der Waals surface area contributed by atoms with Crippen LogP contribution in [0.4, 0.5) is 5.82 Å². The molecular formula is C11H18ClN3O2. The Morgan fingerprint density at radius 2 is 1.82 bits per heavy atom. The van der Waals surface area contributed by atoms with Crippen LogP contribution >= 0.6 is 11.6 Å². The van der Waals surface area contributed by atoms with E-state index in [1.165, 1.54) is 6.33 Å². The van der Waals surface area contributed by atoms with Gasteiger partial charge in [0.2, 0.25) is 0 Å². The number of aliphatic hydroxyl groups is 2. The molecule has 0 saturated heterocycles. The van der Waals surface area contributed by atoms with Crippen molar-refractivity contribution in [3.05, 3.63) is 17.0 Å². The second kappa shape index (κ2) is 6.74. The second-order valence-corrected chi connectivity index (χ2v) is 4.35. The topological polar surface area (TPSA) is 69.5 Å². The van der Waals surface area contributed by atoms with Gasteiger partial charge in [-0.1, -0.05) is 25.4 Å². The highest BCUT2D eigenvalue weighted by molar-refractivity contribution is 6.30. The molecule has 0 aromatic carbocycles. The summed E-state index contributed by atoms with van der Waals surface area (Å²) in [6.45, 7) is 4.83. The summed E-state index contributed by atoms with van der Waals surface area (Å²) in [7, 11) is 0. The smallest absolute Gasteiger partial charge is 0.138 e. The van der Waals surface area contributed by atoms with E-state index in [4.69, 9.17) is 21.8 Å². The van der Waals surface area contributed by atoms with Gasteiger partial charge in [-0.2, -0.15) is 0 Å². The summed E-state index contributed by atoms with van der Waals surface area (Å²) in [5, 5.41) is 18.5. The Hall–Kier alpha value is -0.910. The van der Waals surface area contributed by atoms with E-state index in [1.807, 2.05) is 18.7 Å². The molecule has 6 heteroatoms. The molecule has 96 valence electrons. The lowest BCUT2D eigenvalue weighted by Crippen LogP contribution is -2.31. The van der Waals surface area contributed by atoms with Gasteiger partial charge in [-0.25, -0.2) is 9.97 Å². The third-order valence-corrected chi connectivity index (χ3v) is 2.73. The average molecular weight is 260 g/mol. The van der Waals surface area contributed by atoms with Gasteiger partial charge >= 0.3 is 0 Å². The van der Waals surface area contributed by atoms with Gasteiger partial charge in [-0.05, 0) is 5.92 Å². The number of halogens is 1. The van der Waals surface area contributed by atoms with Crippen molar-refractivity contribution in [1.82, 2.24) is 9.97 Å². The highest BCUT2D eigenvalue weighted by Gasteiger charge is 2.18. The first-order chi connectivity index (χ1) is 8.11. The maximum absolute atomic E-state index is 9.02. The summed E-state index contributed by atoms with van der Waals surface area (Å²) in [6, 6.07) is 0. The molecular weight excluding hydrogens is 242 g/mol. The summed E-state index contributed by atoms with van der Waals surface area (Å²) in [5.41, 5.74) is 0.844. The highest BCUT2D eigenvalue weighted by atomic mass is 35.5. The van der Waals surface area contributed by atoms with Crippen LogP contribution in [-0.2, 0) is 0 Å². The van der Waals surface area contributed by atoms with Crippen molar-refractivity contribution in [1.29, 1.82) is 0 Å². The molecule has 1 aromatic heterocycles. The Morgan fingerprint density at radius 1 is 1.24 bits per heavy atom. The molecule has 2 N–H and O–H groups in total. The zero-order chi connectivity index (χ0) is 12.8. The van der Waals surface area contributed by atoms with E-state index >= 15 is 0 Å². The molecule has 0 saturated carbocycles. The van der Waals surface area contributed by atoms with Gasteiger partial charge in [-0.3, -0.25) is 0 Å². The molecule has 1 heterocycles. The van der Waals surface area contributed by atoms with E-state index in [0.29, 0.717) is 24.1 Å². The van der Waals surface area contributed by atoms with Crippen molar-refractivity contribution < 1.29 is 10.2 Å². The summed E-state index contributed by atoms with van der Waals surface area (Å²) in [4.78, 5) is 9.98. The van der Waals surface area contributed by atoms with E-state index in [-0.39, 0.29) is 19.1 Å². The van der Waals surface area contributed by atoms with Crippen LogP contribution in [0.1, 0.15) is 25.3 Å². The van der Waals surface area contributed by atoms with E-state index < -0.39 is 0 Å². The largest absolute Gasteiger partial charge is 0.395 e. The summed E-state index contributed by atoms with van der Waals surface area (Å²) in [5.74, 6) is 0.863. The molecule has 0 aliphatic heterocycles. The lowest BCUT2D eigenvalue weighted by molar-refractivity contribution is 0.280. The van der Waals surface area contributed by atoms with Gasteiger partial charge in [0.25, 0.3) is 0 Å². The van der Waals surface area contributed by atoms with Crippen molar-refractivity contribution in [2.45, 2.75) is 19.8 Å². The molecule has 0 amide bonds. The molecule has 1 aromatic rings. The molecule has 0 fully saturated rings. The standard InChI is InChI=1S/C11H18ClN3O2/c1-8(2)9-10(12)13-7-14-11(9)15(3-5-16)4-6-17/h7-8,16-17H,3-6H2,1-2H3. The van der Waals surface area contributed by atoms with Crippen molar-refractivity contribution in [2.75, 3.05) is 31.2 Å². The van der Waals surface area contributed by atoms with Crippen LogP contribution in [0.15, 0.2) is 6.33 Å². The average Bonchev–Trinajstić information content (AvgIpc) is 2.28. The Morgan fingerprint density at radius 3 is 2.29 bits per heavy atom. The lowest BCUT2D eigenvalue weighted by atomic mass is 10.1. The summed E-state index contributed by atoms with van der Waals surface area (Å²) in [6.07, 6.45) is 1.39. The SMILES string of the molecule is CC(C)c1c(Cl)ncnc1N(CCO)CCO. The zero-order valence-electron chi connectivity index (χ0n) is 10.1. The first kappa shape index (κ1) is 14.2. The monoisotopic (exact) mass is 259 g/mol. The maximum atomic E-state index is 9.02. The first-order valence-corrected chi connectivity index (χ1v) is 5.96. The minimum atomic E-state index is -0.000836. The van der Waals surface area contributed by atoms with Crippen LogP contribution in [0.25, 0.3) is 0 Å². The van der Waals surface area contributed by atoms with Crippen LogP contribution in [0, 0.1) is 0 Å².